The Hall–Kier alpha value is -2.27. The third-order valence-electron chi connectivity index (χ3n) is 3.68. The third-order valence-corrected chi connectivity index (χ3v) is 3.92. The van der Waals surface area contributed by atoms with Crippen LogP contribution in [0.1, 0.15) is 18.4 Å². The quantitative estimate of drug-likeness (QED) is 0.559. The molecule has 4 nitrogen and oxygen atoms in total. The smallest absolute Gasteiger partial charge is 0.170 e. The fraction of sp³-hybridized carbons (Fsp3) is 0.316. The summed E-state index contributed by atoms with van der Waals surface area (Å²) < 4.78 is 10.5. The lowest BCUT2D eigenvalue weighted by atomic mass is 10.1. The highest BCUT2D eigenvalue weighted by Gasteiger charge is 2.06. The van der Waals surface area contributed by atoms with E-state index in [-0.39, 0.29) is 0 Å². The van der Waals surface area contributed by atoms with Crippen molar-refractivity contribution >= 4 is 23.0 Å². The van der Waals surface area contributed by atoms with E-state index in [4.69, 9.17) is 21.7 Å². The average Bonchev–Trinajstić information content (AvgIpc) is 2.62. The molecular formula is C19H24N2O2S. The Morgan fingerprint density at radius 1 is 1.00 bits per heavy atom. The molecule has 0 aliphatic carbocycles. The zero-order chi connectivity index (χ0) is 17.2. The number of hydrogen-bond acceptors (Lipinski definition) is 3. The van der Waals surface area contributed by atoms with Gasteiger partial charge in [0.25, 0.3) is 0 Å². The first-order chi connectivity index (χ1) is 11.7. The molecule has 0 saturated heterocycles. The van der Waals surface area contributed by atoms with Crippen molar-refractivity contribution in [1.29, 1.82) is 0 Å². The van der Waals surface area contributed by atoms with Crippen LogP contribution in [-0.4, -0.2) is 25.9 Å². The van der Waals surface area contributed by atoms with Gasteiger partial charge in [0.1, 0.15) is 11.5 Å². The van der Waals surface area contributed by atoms with Gasteiger partial charge in [-0.25, -0.2) is 0 Å². The molecule has 0 heterocycles. The van der Waals surface area contributed by atoms with Gasteiger partial charge < -0.3 is 20.1 Å². The minimum absolute atomic E-state index is 0.596. The molecule has 24 heavy (non-hydrogen) atoms. The predicted molar refractivity (Wildman–Crippen MR) is 103 cm³/mol. The molecule has 0 saturated carbocycles. The number of methoxy groups -OCH3 is 2. The average molecular weight is 344 g/mol. The molecule has 0 aromatic heterocycles. The summed E-state index contributed by atoms with van der Waals surface area (Å²) >= 11 is 5.34. The van der Waals surface area contributed by atoms with E-state index in [1.165, 1.54) is 5.56 Å². The number of rotatable bonds is 8. The van der Waals surface area contributed by atoms with E-state index in [1.54, 1.807) is 14.2 Å². The highest BCUT2D eigenvalue weighted by atomic mass is 32.1. The minimum Gasteiger partial charge on any atom is -0.497 e. The maximum Gasteiger partial charge on any atom is 0.170 e. The van der Waals surface area contributed by atoms with Crippen molar-refractivity contribution in [3.63, 3.8) is 0 Å². The molecule has 0 atom stereocenters. The Balaban J connectivity index is 1.71. The Morgan fingerprint density at radius 2 is 1.79 bits per heavy atom. The standard InChI is InChI=1S/C19H24N2O2S/c1-22-16-11-12-17(18(14-16)23-2)21-19(24)20-13-7-6-10-15-8-4-3-5-9-15/h3-5,8-9,11-12,14H,6-7,10,13H2,1-2H3,(H2,20,21,24). The second kappa shape index (κ2) is 9.78. The molecule has 2 rings (SSSR count). The van der Waals surface area contributed by atoms with Gasteiger partial charge in [-0.1, -0.05) is 30.3 Å². The van der Waals surface area contributed by atoms with E-state index < -0.39 is 0 Å². The molecule has 0 aliphatic heterocycles. The number of thiocarbonyl (C=S) groups is 1. The lowest BCUT2D eigenvalue weighted by molar-refractivity contribution is 0.395. The normalized spacial score (nSPS) is 10.1. The topological polar surface area (TPSA) is 42.5 Å². The SMILES string of the molecule is COc1ccc(NC(=S)NCCCCc2ccccc2)c(OC)c1. The molecule has 0 unspecified atom stereocenters. The van der Waals surface area contributed by atoms with Gasteiger partial charge in [0.05, 0.1) is 19.9 Å². The summed E-state index contributed by atoms with van der Waals surface area (Å²) in [5.74, 6) is 1.44. The molecule has 2 N–H and O–H groups in total. The van der Waals surface area contributed by atoms with E-state index in [0.717, 1.165) is 37.2 Å². The predicted octanol–water partition coefficient (Wildman–Crippen LogP) is 4.01. The molecule has 0 bridgehead atoms. The first kappa shape index (κ1) is 18.1. The van der Waals surface area contributed by atoms with Gasteiger partial charge >= 0.3 is 0 Å². The summed E-state index contributed by atoms with van der Waals surface area (Å²) in [6.07, 6.45) is 3.29. The fourth-order valence-electron chi connectivity index (χ4n) is 2.37. The van der Waals surface area contributed by atoms with Crippen molar-refractivity contribution in [2.24, 2.45) is 0 Å². The van der Waals surface area contributed by atoms with Crippen LogP contribution in [0.5, 0.6) is 11.5 Å². The molecule has 0 radical (unpaired) electrons. The number of unbranched alkanes of at least 4 members (excludes halogenated alkanes) is 1. The van der Waals surface area contributed by atoms with Crippen LogP contribution < -0.4 is 20.1 Å². The van der Waals surface area contributed by atoms with Gasteiger partial charge in [0.15, 0.2) is 5.11 Å². The molecule has 0 aliphatic rings. The second-order valence-electron chi connectivity index (χ2n) is 5.39. The third kappa shape index (κ3) is 5.74. The van der Waals surface area contributed by atoms with E-state index >= 15 is 0 Å². The Kier molecular flexibility index (Phi) is 7.36. The van der Waals surface area contributed by atoms with Gasteiger partial charge in [0, 0.05) is 12.6 Å². The van der Waals surface area contributed by atoms with Gasteiger partial charge in [-0.2, -0.15) is 0 Å². The van der Waals surface area contributed by atoms with Crippen molar-refractivity contribution in [1.82, 2.24) is 5.32 Å². The zero-order valence-corrected chi connectivity index (χ0v) is 15.0. The number of ether oxygens (including phenoxy) is 2. The molecule has 0 amide bonds. The van der Waals surface area contributed by atoms with Crippen molar-refractivity contribution in [3.05, 3.63) is 54.1 Å². The van der Waals surface area contributed by atoms with Gasteiger partial charge in [0.2, 0.25) is 0 Å². The van der Waals surface area contributed by atoms with Crippen LogP contribution in [0.3, 0.4) is 0 Å². The van der Waals surface area contributed by atoms with Crippen LogP contribution in [0.15, 0.2) is 48.5 Å². The Morgan fingerprint density at radius 3 is 2.50 bits per heavy atom. The molecule has 128 valence electrons. The van der Waals surface area contributed by atoms with E-state index in [0.29, 0.717) is 10.9 Å². The van der Waals surface area contributed by atoms with Gasteiger partial charge in [-0.15, -0.1) is 0 Å². The summed E-state index contributed by atoms with van der Waals surface area (Å²) in [6, 6.07) is 16.1. The van der Waals surface area contributed by atoms with Gasteiger partial charge in [-0.3, -0.25) is 0 Å². The van der Waals surface area contributed by atoms with Crippen molar-refractivity contribution in [2.75, 3.05) is 26.1 Å². The molecule has 2 aromatic carbocycles. The molecule has 5 heteroatoms. The van der Waals surface area contributed by atoms with Gasteiger partial charge in [-0.05, 0) is 49.2 Å². The second-order valence-corrected chi connectivity index (χ2v) is 5.80. The highest BCUT2D eigenvalue weighted by molar-refractivity contribution is 7.80. The van der Waals surface area contributed by atoms with Crippen molar-refractivity contribution in [2.45, 2.75) is 19.3 Å². The maximum absolute atomic E-state index is 5.35. The highest BCUT2D eigenvalue weighted by Crippen LogP contribution is 2.28. The number of hydrogen-bond donors (Lipinski definition) is 2. The van der Waals surface area contributed by atoms with Crippen LogP contribution in [0.4, 0.5) is 5.69 Å². The number of nitrogens with one attached hydrogen (secondary N) is 2. The monoisotopic (exact) mass is 344 g/mol. The molecule has 2 aromatic rings. The Bertz CT molecular complexity index is 647. The van der Waals surface area contributed by atoms with E-state index in [9.17, 15) is 0 Å². The van der Waals surface area contributed by atoms with E-state index in [2.05, 4.69) is 34.9 Å². The van der Waals surface area contributed by atoms with Crippen LogP contribution in [0.25, 0.3) is 0 Å². The summed E-state index contributed by atoms with van der Waals surface area (Å²) in [7, 11) is 3.25. The van der Waals surface area contributed by atoms with Crippen LogP contribution in [-0.2, 0) is 6.42 Å². The number of anilines is 1. The lowest BCUT2D eigenvalue weighted by Crippen LogP contribution is -2.29. The van der Waals surface area contributed by atoms with Crippen molar-refractivity contribution in [3.8, 4) is 11.5 Å². The lowest BCUT2D eigenvalue weighted by Gasteiger charge is -2.14. The van der Waals surface area contributed by atoms with Crippen LogP contribution >= 0.6 is 12.2 Å². The number of benzene rings is 2. The number of aryl methyl sites for hydroxylation is 1. The molecule has 0 fully saturated rings. The zero-order valence-electron chi connectivity index (χ0n) is 14.2. The minimum atomic E-state index is 0.596. The Labute approximate surface area is 149 Å². The van der Waals surface area contributed by atoms with Crippen molar-refractivity contribution < 1.29 is 9.47 Å². The summed E-state index contributed by atoms with van der Waals surface area (Å²) in [4.78, 5) is 0. The van der Waals surface area contributed by atoms with Crippen LogP contribution in [0.2, 0.25) is 0 Å². The molecule has 0 spiro atoms. The molecular weight excluding hydrogens is 320 g/mol. The summed E-state index contributed by atoms with van der Waals surface area (Å²) in [5.41, 5.74) is 2.20. The maximum atomic E-state index is 5.35. The van der Waals surface area contributed by atoms with Crippen LogP contribution in [0, 0.1) is 0 Å². The first-order valence-corrected chi connectivity index (χ1v) is 8.44. The summed E-state index contributed by atoms with van der Waals surface area (Å²) in [5, 5.41) is 6.99. The summed E-state index contributed by atoms with van der Waals surface area (Å²) in [6.45, 7) is 0.844. The largest absolute Gasteiger partial charge is 0.497 e. The van der Waals surface area contributed by atoms with E-state index in [1.807, 2.05) is 24.3 Å². The fourth-order valence-corrected chi connectivity index (χ4v) is 2.58. The first-order valence-electron chi connectivity index (χ1n) is 8.03.